The SMILES string of the molecule is O=C(c1ccco1)N1CCN(c2nc3c(-c4ccc(F)cc4)csc3c(=O)[nH]2)CC1. The number of amides is 1. The van der Waals surface area contributed by atoms with Gasteiger partial charge >= 0.3 is 0 Å². The number of nitrogens with one attached hydrogen (secondary N) is 1. The molecule has 0 spiro atoms. The maximum atomic E-state index is 13.3. The van der Waals surface area contributed by atoms with E-state index in [0.717, 1.165) is 11.1 Å². The molecule has 0 unspecified atom stereocenters. The molecule has 9 heteroatoms. The molecule has 4 heterocycles. The van der Waals surface area contributed by atoms with Crippen molar-refractivity contribution in [3.63, 3.8) is 0 Å². The number of aromatic amines is 1. The average molecular weight is 424 g/mol. The Morgan fingerprint density at radius 2 is 1.90 bits per heavy atom. The third kappa shape index (κ3) is 3.26. The van der Waals surface area contributed by atoms with Crippen LogP contribution in [0.15, 0.2) is 57.3 Å². The Morgan fingerprint density at radius 1 is 1.13 bits per heavy atom. The highest BCUT2D eigenvalue weighted by Crippen LogP contribution is 2.31. The van der Waals surface area contributed by atoms with Crippen LogP contribution in [0.1, 0.15) is 10.6 Å². The maximum absolute atomic E-state index is 13.3. The molecule has 4 aromatic rings. The van der Waals surface area contributed by atoms with Gasteiger partial charge in [-0.3, -0.25) is 14.6 Å². The van der Waals surface area contributed by atoms with Crippen LogP contribution in [-0.2, 0) is 0 Å². The number of benzene rings is 1. The van der Waals surface area contributed by atoms with Gasteiger partial charge in [-0.1, -0.05) is 12.1 Å². The third-order valence-corrected chi connectivity index (χ3v) is 6.14. The number of aromatic nitrogens is 2. The molecular formula is C21H17FN4O3S. The average Bonchev–Trinajstić information content (AvgIpc) is 3.44. The Labute approximate surface area is 174 Å². The fourth-order valence-corrected chi connectivity index (χ4v) is 4.49. The van der Waals surface area contributed by atoms with E-state index in [-0.39, 0.29) is 17.3 Å². The Morgan fingerprint density at radius 3 is 2.60 bits per heavy atom. The molecule has 5 rings (SSSR count). The number of rotatable bonds is 3. The van der Waals surface area contributed by atoms with Crippen LogP contribution >= 0.6 is 11.3 Å². The summed E-state index contributed by atoms with van der Waals surface area (Å²) in [5.74, 6) is 0.331. The molecule has 1 amide bonds. The van der Waals surface area contributed by atoms with Crippen LogP contribution < -0.4 is 10.5 Å². The van der Waals surface area contributed by atoms with Crippen LogP contribution in [-0.4, -0.2) is 47.0 Å². The molecule has 3 aromatic heterocycles. The Balaban J connectivity index is 1.41. The Kier molecular flexibility index (Phi) is 4.59. The minimum atomic E-state index is -0.313. The van der Waals surface area contributed by atoms with E-state index >= 15 is 0 Å². The maximum Gasteiger partial charge on any atom is 0.289 e. The van der Waals surface area contributed by atoms with Crippen molar-refractivity contribution >= 4 is 33.4 Å². The predicted octanol–water partition coefficient (Wildman–Crippen LogP) is 3.35. The second-order valence-corrected chi connectivity index (χ2v) is 7.86. The number of anilines is 1. The van der Waals surface area contributed by atoms with Crippen molar-refractivity contribution in [1.29, 1.82) is 0 Å². The van der Waals surface area contributed by atoms with E-state index in [2.05, 4.69) is 4.98 Å². The minimum absolute atomic E-state index is 0.145. The van der Waals surface area contributed by atoms with Gasteiger partial charge in [0.05, 0.1) is 11.8 Å². The quantitative estimate of drug-likeness (QED) is 0.545. The molecule has 0 radical (unpaired) electrons. The van der Waals surface area contributed by atoms with Gasteiger partial charge in [0.2, 0.25) is 5.95 Å². The minimum Gasteiger partial charge on any atom is -0.459 e. The van der Waals surface area contributed by atoms with Crippen molar-refractivity contribution < 1.29 is 13.6 Å². The van der Waals surface area contributed by atoms with Gasteiger partial charge < -0.3 is 14.2 Å². The first-order valence-corrected chi connectivity index (χ1v) is 10.3. The van der Waals surface area contributed by atoms with Gasteiger partial charge in [-0.15, -0.1) is 11.3 Å². The fourth-order valence-electron chi connectivity index (χ4n) is 3.58. The standard InChI is InChI=1S/C21H17FN4O3S/c22-14-5-3-13(4-6-14)15-12-30-18-17(15)23-21(24-19(18)27)26-9-7-25(8-10-26)20(28)16-2-1-11-29-16/h1-6,11-12H,7-10H2,(H,23,24,27). The molecule has 152 valence electrons. The summed E-state index contributed by atoms with van der Waals surface area (Å²) < 4.78 is 19.0. The molecule has 1 aliphatic heterocycles. The van der Waals surface area contributed by atoms with E-state index in [0.29, 0.717) is 48.1 Å². The van der Waals surface area contributed by atoms with Gasteiger partial charge in [0.25, 0.3) is 11.5 Å². The van der Waals surface area contributed by atoms with Gasteiger partial charge in [-0.05, 0) is 29.8 Å². The zero-order valence-corrected chi connectivity index (χ0v) is 16.6. The van der Waals surface area contributed by atoms with Crippen molar-refractivity contribution in [2.75, 3.05) is 31.1 Å². The lowest BCUT2D eigenvalue weighted by atomic mass is 10.1. The summed E-state index contributed by atoms with van der Waals surface area (Å²) in [5.41, 5.74) is 2.00. The van der Waals surface area contributed by atoms with Crippen LogP contribution in [0.2, 0.25) is 0 Å². The van der Waals surface area contributed by atoms with Crippen LogP contribution in [0, 0.1) is 5.82 Å². The molecule has 0 aliphatic carbocycles. The third-order valence-electron chi connectivity index (χ3n) is 5.17. The number of H-pyrrole nitrogens is 1. The summed E-state index contributed by atoms with van der Waals surface area (Å²) in [6.07, 6.45) is 1.48. The predicted molar refractivity (Wildman–Crippen MR) is 112 cm³/mol. The highest BCUT2D eigenvalue weighted by Gasteiger charge is 2.25. The molecule has 1 aromatic carbocycles. The molecule has 1 saturated heterocycles. The lowest BCUT2D eigenvalue weighted by Crippen LogP contribution is -2.49. The van der Waals surface area contributed by atoms with E-state index in [9.17, 15) is 14.0 Å². The largest absolute Gasteiger partial charge is 0.459 e. The topological polar surface area (TPSA) is 82.4 Å². The van der Waals surface area contributed by atoms with Crippen LogP contribution in [0.4, 0.5) is 10.3 Å². The number of furan rings is 1. The highest BCUT2D eigenvalue weighted by molar-refractivity contribution is 7.17. The number of halogens is 1. The highest BCUT2D eigenvalue weighted by atomic mass is 32.1. The van der Waals surface area contributed by atoms with E-state index in [1.165, 1.54) is 29.7 Å². The smallest absolute Gasteiger partial charge is 0.289 e. The van der Waals surface area contributed by atoms with Crippen molar-refractivity contribution in [2.24, 2.45) is 0 Å². The van der Waals surface area contributed by atoms with Crippen molar-refractivity contribution in [2.45, 2.75) is 0 Å². The Hall–Kier alpha value is -3.46. The monoisotopic (exact) mass is 424 g/mol. The zero-order valence-electron chi connectivity index (χ0n) is 15.8. The number of nitrogens with zero attached hydrogens (tertiary/aromatic N) is 3. The fraction of sp³-hybridized carbons (Fsp3) is 0.190. The molecule has 0 bridgehead atoms. The van der Waals surface area contributed by atoms with E-state index < -0.39 is 0 Å². The molecule has 30 heavy (non-hydrogen) atoms. The number of fused-ring (bicyclic) bond motifs is 1. The number of carbonyl (C=O) groups excluding carboxylic acids is 1. The molecule has 1 aliphatic rings. The molecule has 1 N–H and O–H groups in total. The van der Waals surface area contributed by atoms with E-state index in [4.69, 9.17) is 9.40 Å². The lowest BCUT2D eigenvalue weighted by molar-refractivity contribution is 0.0714. The molecule has 7 nitrogen and oxygen atoms in total. The molecule has 0 atom stereocenters. The number of hydrogen-bond donors (Lipinski definition) is 1. The van der Waals surface area contributed by atoms with E-state index in [1.54, 1.807) is 29.2 Å². The molecule has 0 saturated carbocycles. The number of hydrogen-bond acceptors (Lipinski definition) is 6. The first kappa shape index (κ1) is 18.6. The second-order valence-electron chi connectivity index (χ2n) is 6.98. The summed E-state index contributed by atoms with van der Waals surface area (Å²) in [4.78, 5) is 36.3. The van der Waals surface area contributed by atoms with Gasteiger partial charge in [0.1, 0.15) is 10.5 Å². The molecule has 1 fully saturated rings. The van der Waals surface area contributed by atoms with E-state index in [1.807, 2.05) is 10.3 Å². The second kappa shape index (κ2) is 7.42. The first-order chi connectivity index (χ1) is 14.6. The zero-order chi connectivity index (χ0) is 20.7. The lowest BCUT2D eigenvalue weighted by Gasteiger charge is -2.34. The summed E-state index contributed by atoms with van der Waals surface area (Å²) in [6, 6.07) is 9.48. The summed E-state index contributed by atoms with van der Waals surface area (Å²) >= 11 is 1.32. The van der Waals surface area contributed by atoms with Crippen molar-refractivity contribution in [3.05, 3.63) is 70.0 Å². The van der Waals surface area contributed by atoms with Gasteiger partial charge in [0.15, 0.2) is 5.76 Å². The van der Waals surface area contributed by atoms with Crippen LogP contribution in [0.25, 0.3) is 21.3 Å². The Bertz CT molecular complexity index is 1260. The molecular weight excluding hydrogens is 407 g/mol. The van der Waals surface area contributed by atoms with Gasteiger partial charge in [-0.25, -0.2) is 9.37 Å². The number of carbonyl (C=O) groups is 1. The summed E-state index contributed by atoms with van der Waals surface area (Å²) in [7, 11) is 0. The first-order valence-electron chi connectivity index (χ1n) is 9.45. The number of thiophene rings is 1. The van der Waals surface area contributed by atoms with Crippen molar-refractivity contribution in [3.8, 4) is 11.1 Å². The van der Waals surface area contributed by atoms with Gasteiger partial charge in [-0.2, -0.15) is 0 Å². The van der Waals surface area contributed by atoms with Crippen LogP contribution in [0.5, 0.6) is 0 Å². The summed E-state index contributed by atoms with van der Waals surface area (Å²) in [6.45, 7) is 2.07. The van der Waals surface area contributed by atoms with Crippen molar-refractivity contribution in [1.82, 2.24) is 14.9 Å². The van der Waals surface area contributed by atoms with Gasteiger partial charge in [0, 0.05) is 37.1 Å². The summed E-state index contributed by atoms with van der Waals surface area (Å²) in [5, 5.41) is 1.86. The normalized spacial score (nSPS) is 14.4. The van der Waals surface area contributed by atoms with Crippen LogP contribution in [0.3, 0.4) is 0 Å². The number of piperazine rings is 1.